The number of rotatable bonds is 5. The van der Waals surface area contributed by atoms with Crippen molar-refractivity contribution >= 4 is 23.0 Å². The topological polar surface area (TPSA) is 49.2 Å². The van der Waals surface area contributed by atoms with Gasteiger partial charge in [-0.05, 0) is 36.4 Å². The summed E-state index contributed by atoms with van der Waals surface area (Å²) in [4.78, 5) is 18.0. The number of halogens is 1. The van der Waals surface area contributed by atoms with E-state index in [-0.39, 0.29) is 11.7 Å². The third-order valence-corrected chi connectivity index (χ3v) is 5.60. The van der Waals surface area contributed by atoms with Gasteiger partial charge in [0.15, 0.2) is 6.54 Å². The van der Waals surface area contributed by atoms with Crippen LogP contribution in [0.1, 0.15) is 0 Å². The van der Waals surface area contributed by atoms with Crippen molar-refractivity contribution in [3.63, 3.8) is 0 Å². The van der Waals surface area contributed by atoms with Crippen molar-refractivity contribution in [2.24, 2.45) is 0 Å². The Labute approximate surface area is 170 Å². The molecule has 2 aromatic carbocycles. The van der Waals surface area contributed by atoms with E-state index in [2.05, 4.69) is 15.1 Å². The van der Waals surface area contributed by atoms with E-state index in [1.165, 1.54) is 11.0 Å². The zero-order chi connectivity index (χ0) is 20.1. The van der Waals surface area contributed by atoms with Crippen LogP contribution < -0.4 is 20.0 Å². The van der Waals surface area contributed by atoms with Crippen molar-refractivity contribution in [3.8, 4) is 0 Å². The fraction of sp³-hybridized carbons (Fsp3) is 0.409. The number of hydrogen-bond acceptors (Lipinski definition) is 4. The van der Waals surface area contributed by atoms with E-state index in [1.54, 1.807) is 6.07 Å². The maximum Gasteiger partial charge on any atom is 0.279 e. The molecule has 0 atom stereocenters. The highest BCUT2D eigenvalue weighted by Crippen LogP contribution is 2.19. The number of ether oxygens (including phenoxy) is 1. The Hall–Kier alpha value is -2.64. The van der Waals surface area contributed by atoms with Gasteiger partial charge in [-0.25, -0.2) is 4.39 Å². The summed E-state index contributed by atoms with van der Waals surface area (Å²) in [6.45, 7) is 6.86. The standard InChI is InChI=1S/C22H27FN4O2/c23-20-3-1-2-4-21(20)27-11-9-25(10-12-27)17-22(28)24-18-5-7-19(8-6-18)26-13-15-29-16-14-26/h1-8H,9-17H2,(H,24,28)/p+1. The fourth-order valence-electron chi connectivity index (χ4n) is 3.96. The number of piperazine rings is 1. The molecular formula is C22H28FN4O2+. The molecule has 2 saturated heterocycles. The summed E-state index contributed by atoms with van der Waals surface area (Å²) >= 11 is 0. The molecular weight excluding hydrogens is 371 g/mol. The first-order valence-corrected chi connectivity index (χ1v) is 10.2. The molecule has 0 aromatic heterocycles. The lowest BCUT2D eigenvalue weighted by Gasteiger charge is -2.33. The van der Waals surface area contributed by atoms with Crippen LogP contribution in [-0.4, -0.2) is 64.9 Å². The van der Waals surface area contributed by atoms with E-state index in [4.69, 9.17) is 4.74 Å². The van der Waals surface area contributed by atoms with Crippen LogP contribution in [-0.2, 0) is 9.53 Å². The van der Waals surface area contributed by atoms with Gasteiger partial charge in [-0.3, -0.25) is 4.79 Å². The molecule has 0 bridgehead atoms. The summed E-state index contributed by atoms with van der Waals surface area (Å²) in [5, 5.41) is 2.99. The van der Waals surface area contributed by atoms with Gasteiger partial charge < -0.3 is 24.8 Å². The molecule has 154 valence electrons. The predicted octanol–water partition coefficient (Wildman–Crippen LogP) is 1.01. The molecule has 0 radical (unpaired) electrons. The van der Waals surface area contributed by atoms with Crippen LogP contribution >= 0.6 is 0 Å². The molecule has 0 aliphatic carbocycles. The van der Waals surface area contributed by atoms with Crippen LogP contribution in [0, 0.1) is 5.82 Å². The van der Waals surface area contributed by atoms with Crippen LogP contribution in [0.25, 0.3) is 0 Å². The number of anilines is 3. The van der Waals surface area contributed by atoms with Gasteiger partial charge in [0, 0.05) is 24.5 Å². The summed E-state index contributed by atoms with van der Waals surface area (Å²) < 4.78 is 19.3. The number of carbonyl (C=O) groups is 1. The molecule has 0 unspecified atom stereocenters. The molecule has 2 heterocycles. The number of para-hydroxylation sites is 1. The number of hydrogen-bond donors (Lipinski definition) is 2. The van der Waals surface area contributed by atoms with Gasteiger partial charge in [0.05, 0.1) is 45.1 Å². The van der Waals surface area contributed by atoms with Crippen LogP contribution in [0.4, 0.5) is 21.5 Å². The first kappa shape index (κ1) is 19.7. The van der Waals surface area contributed by atoms with Crippen molar-refractivity contribution in [2.45, 2.75) is 0 Å². The average Bonchev–Trinajstić information content (AvgIpc) is 2.76. The molecule has 29 heavy (non-hydrogen) atoms. The Balaban J connectivity index is 1.24. The SMILES string of the molecule is O=C(C[NH+]1CCN(c2ccccc2F)CC1)Nc1ccc(N2CCOCC2)cc1. The smallest absolute Gasteiger partial charge is 0.279 e. The number of nitrogens with one attached hydrogen (secondary N) is 2. The minimum atomic E-state index is -0.186. The second-order valence-electron chi connectivity index (χ2n) is 7.56. The average molecular weight is 399 g/mol. The Morgan fingerprint density at radius 2 is 1.66 bits per heavy atom. The lowest BCUT2D eigenvalue weighted by Crippen LogP contribution is -3.15. The summed E-state index contributed by atoms with van der Waals surface area (Å²) in [6.07, 6.45) is 0. The molecule has 4 rings (SSSR count). The van der Waals surface area contributed by atoms with E-state index in [0.29, 0.717) is 12.2 Å². The quantitative estimate of drug-likeness (QED) is 0.788. The van der Waals surface area contributed by atoms with Gasteiger partial charge in [-0.15, -0.1) is 0 Å². The second kappa shape index (κ2) is 9.24. The van der Waals surface area contributed by atoms with Crippen molar-refractivity contribution < 1.29 is 18.8 Å². The molecule has 0 spiro atoms. The Kier molecular flexibility index (Phi) is 6.27. The van der Waals surface area contributed by atoms with Crippen LogP contribution in [0.5, 0.6) is 0 Å². The predicted molar refractivity (Wildman–Crippen MR) is 112 cm³/mol. The van der Waals surface area contributed by atoms with Crippen LogP contribution in [0.3, 0.4) is 0 Å². The maximum absolute atomic E-state index is 13.9. The molecule has 2 aromatic rings. The van der Waals surface area contributed by atoms with Gasteiger partial charge in [0.25, 0.3) is 5.91 Å². The third kappa shape index (κ3) is 5.05. The molecule has 7 heteroatoms. The molecule has 2 fully saturated rings. The zero-order valence-corrected chi connectivity index (χ0v) is 16.6. The molecule has 0 saturated carbocycles. The van der Waals surface area contributed by atoms with Crippen molar-refractivity contribution in [1.29, 1.82) is 0 Å². The molecule has 2 aliphatic rings. The zero-order valence-electron chi connectivity index (χ0n) is 16.6. The van der Waals surface area contributed by atoms with Crippen LogP contribution in [0.2, 0.25) is 0 Å². The largest absolute Gasteiger partial charge is 0.378 e. The Morgan fingerprint density at radius 3 is 2.34 bits per heavy atom. The number of nitrogens with zero attached hydrogens (tertiary/aromatic N) is 2. The lowest BCUT2D eigenvalue weighted by atomic mass is 10.2. The number of quaternary nitrogens is 1. The summed E-state index contributed by atoms with van der Waals surface area (Å²) in [5.74, 6) is -0.173. The van der Waals surface area contributed by atoms with Crippen molar-refractivity contribution in [3.05, 3.63) is 54.3 Å². The van der Waals surface area contributed by atoms with E-state index in [1.807, 2.05) is 36.4 Å². The van der Waals surface area contributed by atoms with Gasteiger partial charge >= 0.3 is 0 Å². The second-order valence-corrected chi connectivity index (χ2v) is 7.56. The summed E-state index contributed by atoms with van der Waals surface area (Å²) in [5.41, 5.74) is 2.62. The number of amides is 1. The molecule has 1 amide bonds. The summed E-state index contributed by atoms with van der Waals surface area (Å²) in [6, 6.07) is 14.9. The number of carbonyl (C=O) groups excluding carboxylic acids is 1. The first-order valence-electron chi connectivity index (χ1n) is 10.2. The first-order chi connectivity index (χ1) is 14.2. The van der Waals surface area contributed by atoms with Gasteiger partial charge in [0.1, 0.15) is 5.82 Å². The van der Waals surface area contributed by atoms with E-state index < -0.39 is 0 Å². The normalized spacial score (nSPS) is 18.0. The van der Waals surface area contributed by atoms with E-state index in [9.17, 15) is 9.18 Å². The van der Waals surface area contributed by atoms with Gasteiger partial charge in [-0.1, -0.05) is 12.1 Å². The summed E-state index contributed by atoms with van der Waals surface area (Å²) in [7, 11) is 0. The van der Waals surface area contributed by atoms with Gasteiger partial charge in [-0.2, -0.15) is 0 Å². The Bertz CT molecular complexity index is 816. The monoisotopic (exact) mass is 399 g/mol. The highest BCUT2D eigenvalue weighted by atomic mass is 19.1. The van der Waals surface area contributed by atoms with Gasteiger partial charge in [0.2, 0.25) is 0 Å². The van der Waals surface area contributed by atoms with Crippen molar-refractivity contribution in [2.75, 3.05) is 74.1 Å². The number of benzene rings is 2. The Morgan fingerprint density at radius 1 is 0.966 bits per heavy atom. The molecule has 2 aliphatic heterocycles. The minimum absolute atomic E-state index is 0.0125. The number of morpholine rings is 1. The minimum Gasteiger partial charge on any atom is -0.378 e. The fourth-order valence-corrected chi connectivity index (χ4v) is 3.96. The lowest BCUT2D eigenvalue weighted by molar-refractivity contribution is -0.892. The van der Waals surface area contributed by atoms with E-state index in [0.717, 1.165) is 63.9 Å². The van der Waals surface area contributed by atoms with Crippen LogP contribution in [0.15, 0.2) is 48.5 Å². The maximum atomic E-state index is 13.9. The highest BCUT2D eigenvalue weighted by molar-refractivity contribution is 5.91. The molecule has 2 N–H and O–H groups in total. The van der Waals surface area contributed by atoms with E-state index >= 15 is 0 Å². The van der Waals surface area contributed by atoms with Crippen molar-refractivity contribution in [1.82, 2.24) is 0 Å². The third-order valence-electron chi connectivity index (χ3n) is 5.60. The highest BCUT2D eigenvalue weighted by Gasteiger charge is 2.23. The molecule has 6 nitrogen and oxygen atoms in total.